The molecule has 8 amide bonds. The zero-order valence-corrected chi connectivity index (χ0v) is 58.2. The third kappa shape index (κ3) is 24.2. The van der Waals surface area contributed by atoms with Crippen molar-refractivity contribution >= 4 is 58.6 Å². The molecule has 8 rings (SSSR count). The number of nitrogens with one attached hydrogen (secondary N) is 6. The lowest BCUT2D eigenvalue weighted by Crippen LogP contribution is -2.59. The van der Waals surface area contributed by atoms with Crippen LogP contribution in [0.5, 0.6) is 5.75 Å². The van der Waals surface area contributed by atoms with Crippen LogP contribution in [0.2, 0.25) is 0 Å². The molecule has 96 heavy (non-hydrogen) atoms. The molecule has 5 aromatic carbocycles. The summed E-state index contributed by atoms with van der Waals surface area (Å²) in [4.78, 5) is 92.3. The summed E-state index contributed by atoms with van der Waals surface area (Å²) in [6, 6.07) is 40.1. The highest BCUT2D eigenvalue weighted by atomic mass is 32.1. The second-order valence-corrected chi connectivity index (χ2v) is 27.4. The van der Waals surface area contributed by atoms with Crippen molar-refractivity contribution in [2.24, 2.45) is 11.8 Å². The molecule has 0 radical (unpaired) electrons. The van der Waals surface area contributed by atoms with Crippen LogP contribution in [0.1, 0.15) is 116 Å². The predicted octanol–water partition coefficient (Wildman–Crippen LogP) is 10.2. The van der Waals surface area contributed by atoms with E-state index in [9.17, 15) is 39.0 Å². The molecule has 20 nitrogen and oxygen atoms in total. The molecule has 2 aromatic heterocycles. The number of rotatable bonds is 32. The van der Waals surface area contributed by atoms with Crippen molar-refractivity contribution in [2.75, 3.05) is 26.7 Å². The summed E-state index contributed by atoms with van der Waals surface area (Å²) in [6.07, 6.45) is 1.67. The maximum absolute atomic E-state index is 13.9. The molecule has 22 heteroatoms. The van der Waals surface area contributed by atoms with E-state index in [4.69, 9.17) is 9.47 Å². The highest BCUT2D eigenvalue weighted by Crippen LogP contribution is 2.25. The highest BCUT2D eigenvalue weighted by Gasteiger charge is 2.37. The molecule has 1 aliphatic rings. The van der Waals surface area contributed by atoms with E-state index in [2.05, 4.69) is 55.7 Å². The molecule has 0 bridgehead atoms. The van der Waals surface area contributed by atoms with Gasteiger partial charge in [-0.1, -0.05) is 181 Å². The fourth-order valence-corrected chi connectivity index (χ4v) is 12.8. The SMILES string of the molecule is CC(C)c1nc(CN(C)C(=O)NC(C(=O)NC(Cc2ccccc2)CC(O)C(Cc2ccccc2)NC(=O)OCc2cncs2)C(C)C)cs1.Cc1cccc(C)c1OCC(=O)NC(Cc1ccccc1)C(O)CC(Cc1ccccc1)NC(=O)C(C(C)C)N1CCCNC1=O. The van der Waals surface area contributed by atoms with Gasteiger partial charge in [-0.2, -0.15) is 0 Å². The molecule has 8 N–H and O–H groups in total. The molecule has 8 atom stereocenters. The highest BCUT2D eigenvalue weighted by molar-refractivity contribution is 7.09. The molecular formula is C74H96N10O10S2. The Hall–Kier alpha value is -8.70. The smallest absolute Gasteiger partial charge is 0.407 e. The van der Waals surface area contributed by atoms with E-state index >= 15 is 0 Å². The van der Waals surface area contributed by atoms with E-state index < -0.39 is 54.6 Å². The first-order valence-electron chi connectivity index (χ1n) is 33.0. The first-order valence-corrected chi connectivity index (χ1v) is 34.8. The number of carbonyl (C=O) groups excluding carboxylic acids is 6. The van der Waals surface area contributed by atoms with Gasteiger partial charge in [0.05, 0.1) is 51.9 Å². The maximum Gasteiger partial charge on any atom is 0.407 e. The topological polar surface area (TPSA) is 266 Å². The summed E-state index contributed by atoms with van der Waals surface area (Å²) in [5, 5.41) is 44.2. The minimum absolute atomic E-state index is 0.0671. The molecule has 514 valence electrons. The number of alkyl carbamates (subject to hydrolysis) is 1. The van der Waals surface area contributed by atoms with Crippen molar-refractivity contribution in [1.29, 1.82) is 0 Å². The fraction of sp³-hybridized carbons (Fsp3) is 0.432. The van der Waals surface area contributed by atoms with Gasteiger partial charge in [-0.15, -0.1) is 22.7 Å². The number of urea groups is 2. The van der Waals surface area contributed by atoms with Crippen LogP contribution in [-0.4, -0.2) is 141 Å². The number of nitrogens with zero attached hydrogens (tertiary/aromatic N) is 4. The van der Waals surface area contributed by atoms with Crippen molar-refractivity contribution in [3.63, 3.8) is 0 Å². The number of aromatic nitrogens is 2. The second kappa shape index (κ2) is 38.1. The third-order valence-electron chi connectivity index (χ3n) is 16.5. The number of hydrogen-bond acceptors (Lipinski definition) is 14. The molecule has 7 aromatic rings. The number of aliphatic hydroxyl groups is 2. The monoisotopic (exact) mass is 1350 g/mol. The average molecular weight is 1350 g/mol. The summed E-state index contributed by atoms with van der Waals surface area (Å²) in [6.45, 7) is 16.9. The Balaban J connectivity index is 0.000000272. The van der Waals surface area contributed by atoms with Crippen LogP contribution in [0.4, 0.5) is 14.4 Å². The Morgan fingerprint density at radius 2 is 1.17 bits per heavy atom. The lowest BCUT2D eigenvalue weighted by Gasteiger charge is -2.37. The van der Waals surface area contributed by atoms with Gasteiger partial charge < -0.3 is 61.4 Å². The molecule has 0 aliphatic carbocycles. The van der Waals surface area contributed by atoms with Gasteiger partial charge in [0.15, 0.2) is 6.61 Å². The first-order chi connectivity index (χ1) is 46.1. The Bertz CT molecular complexity index is 3490. The quantitative estimate of drug-likeness (QED) is 0.0196. The van der Waals surface area contributed by atoms with Gasteiger partial charge in [-0.05, 0) is 104 Å². The standard InChI is InChI=1S/C37H48N6O5S2.C37H48N4O5/c1-24(2)33(42-36(46)43(5)20-29-22-49-35(40-29)25(3)4)34(45)39-28(16-26-12-8-6-9-13-26)18-32(44)31(17-27-14-10-7-11-15-27)41-37(47)48-21-30-19-38-23-50-30;1-25(2)34(41-20-12-19-38-37(41)45)36(44)39-30(21-28-15-7-5-8-16-28)23-32(42)31(22-29-17-9-6-10-18-29)40-33(43)24-46-35-26(3)13-11-14-27(35)4/h6-15,19,22-25,28,31-33,44H,16-18,20-21H2,1-5H3,(H,39,45)(H,41,47)(H,42,46);5-11,13-18,25,30-32,34,42H,12,19-24H2,1-4H3,(H,38,45)(H,39,44)(H,40,43). The molecule has 1 fully saturated rings. The van der Waals surface area contributed by atoms with Crippen LogP contribution >= 0.6 is 22.7 Å². The maximum atomic E-state index is 13.9. The van der Waals surface area contributed by atoms with E-state index in [0.29, 0.717) is 57.0 Å². The number of thiazole rings is 2. The number of amides is 8. The number of para-hydroxylation sites is 1. The Morgan fingerprint density at radius 3 is 1.65 bits per heavy atom. The number of aliphatic hydroxyl groups excluding tert-OH is 2. The lowest BCUT2D eigenvalue weighted by molar-refractivity contribution is -0.128. The number of carbonyl (C=O) groups is 6. The van der Waals surface area contributed by atoms with Crippen LogP contribution in [0, 0.1) is 25.7 Å². The van der Waals surface area contributed by atoms with Crippen molar-refractivity contribution in [3.8, 4) is 5.75 Å². The van der Waals surface area contributed by atoms with Crippen molar-refractivity contribution < 1.29 is 48.5 Å². The molecule has 0 saturated carbocycles. The van der Waals surface area contributed by atoms with E-state index in [0.717, 1.165) is 55.4 Å². The van der Waals surface area contributed by atoms with E-state index in [1.165, 1.54) is 16.2 Å². The summed E-state index contributed by atoms with van der Waals surface area (Å²) in [7, 11) is 1.68. The number of aryl methyl sites for hydroxylation is 2. The average Bonchev–Trinajstić information content (AvgIpc) is 1.12. The van der Waals surface area contributed by atoms with Crippen molar-refractivity contribution in [1.82, 2.24) is 51.7 Å². The van der Waals surface area contributed by atoms with Gasteiger partial charge >= 0.3 is 18.2 Å². The summed E-state index contributed by atoms with van der Waals surface area (Å²) < 4.78 is 11.3. The van der Waals surface area contributed by atoms with Gasteiger partial charge in [-0.25, -0.2) is 19.4 Å². The van der Waals surface area contributed by atoms with Gasteiger partial charge in [0, 0.05) is 49.7 Å². The van der Waals surface area contributed by atoms with Crippen molar-refractivity contribution in [2.45, 2.75) is 168 Å². The van der Waals surface area contributed by atoms with Crippen LogP contribution < -0.4 is 36.6 Å². The molecule has 3 heterocycles. The third-order valence-corrected chi connectivity index (χ3v) is 18.5. The fourth-order valence-electron chi connectivity index (χ4n) is 11.5. The van der Waals surface area contributed by atoms with Gasteiger partial charge in [0.25, 0.3) is 5.91 Å². The Morgan fingerprint density at radius 1 is 0.646 bits per heavy atom. The molecular weight excluding hydrogens is 1250 g/mol. The summed E-state index contributed by atoms with van der Waals surface area (Å²) >= 11 is 2.95. The largest absolute Gasteiger partial charge is 0.483 e. The predicted molar refractivity (Wildman–Crippen MR) is 376 cm³/mol. The lowest BCUT2D eigenvalue weighted by atomic mass is 9.92. The molecule has 1 saturated heterocycles. The van der Waals surface area contributed by atoms with E-state index in [1.807, 2.05) is 186 Å². The van der Waals surface area contributed by atoms with Gasteiger partial charge in [0.2, 0.25) is 11.8 Å². The van der Waals surface area contributed by atoms with Crippen LogP contribution in [0.25, 0.3) is 0 Å². The minimum atomic E-state index is -1.05. The van der Waals surface area contributed by atoms with E-state index in [1.54, 1.807) is 35.0 Å². The van der Waals surface area contributed by atoms with Crippen LogP contribution in [0.15, 0.2) is 157 Å². The Labute approximate surface area is 573 Å². The van der Waals surface area contributed by atoms with E-state index in [-0.39, 0.29) is 67.7 Å². The summed E-state index contributed by atoms with van der Waals surface area (Å²) in [5.41, 5.74) is 8.19. The van der Waals surface area contributed by atoms with Crippen molar-refractivity contribution in [3.05, 3.63) is 206 Å². The molecule has 8 unspecified atom stereocenters. The summed E-state index contributed by atoms with van der Waals surface area (Å²) in [5.74, 6) is -0.326. The number of hydrogen-bond donors (Lipinski definition) is 8. The number of benzene rings is 5. The molecule has 1 aliphatic heterocycles. The minimum Gasteiger partial charge on any atom is -0.483 e. The first kappa shape index (κ1) is 74.7. The van der Waals surface area contributed by atoms with Crippen LogP contribution in [0.3, 0.4) is 0 Å². The van der Waals surface area contributed by atoms with Crippen LogP contribution in [-0.2, 0) is 58.0 Å². The zero-order valence-electron chi connectivity index (χ0n) is 56.6. The normalized spacial score (nSPS) is 14.7. The zero-order chi connectivity index (χ0) is 69.1. The van der Waals surface area contributed by atoms with Gasteiger partial charge in [-0.3, -0.25) is 19.4 Å². The Kier molecular flexibility index (Phi) is 29.7. The van der Waals surface area contributed by atoms with Gasteiger partial charge in [0.1, 0.15) is 24.4 Å². The second-order valence-electron chi connectivity index (χ2n) is 25.6. The molecule has 0 spiro atoms. The number of ether oxygens (including phenoxy) is 2.